The van der Waals surface area contributed by atoms with Gasteiger partial charge in [0.05, 0.1) is 0 Å². The van der Waals surface area contributed by atoms with Gasteiger partial charge in [0.2, 0.25) is 0 Å². The Kier molecular flexibility index (Phi) is 4.05. The van der Waals surface area contributed by atoms with E-state index in [-0.39, 0.29) is 12.0 Å². The first-order chi connectivity index (χ1) is 10.3. The summed E-state index contributed by atoms with van der Waals surface area (Å²) in [7, 11) is 0. The van der Waals surface area contributed by atoms with Gasteiger partial charge in [-0.15, -0.1) is 0 Å². The van der Waals surface area contributed by atoms with Crippen LogP contribution in [0, 0.1) is 0 Å². The van der Waals surface area contributed by atoms with E-state index in [4.69, 9.17) is 9.47 Å². The molecule has 4 heteroatoms. The van der Waals surface area contributed by atoms with Crippen LogP contribution in [0.15, 0.2) is 54.6 Å². The minimum Gasteiger partial charge on any atom is -0.489 e. The van der Waals surface area contributed by atoms with Crippen molar-refractivity contribution in [3.05, 3.63) is 60.2 Å². The fourth-order valence-corrected chi connectivity index (χ4v) is 2.20. The molecule has 1 fully saturated rings. The van der Waals surface area contributed by atoms with E-state index in [1.54, 1.807) is 0 Å². The van der Waals surface area contributed by atoms with Gasteiger partial charge in [-0.2, -0.15) is 0 Å². The molecule has 0 spiro atoms. The van der Waals surface area contributed by atoms with E-state index >= 15 is 0 Å². The zero-order valence-corrected chi connectivity index (χ0v) is 11.6. The van der Waals surface area contributed by atoms with Gasteiger partial charge in [0.15, 0.2) is 6.10 Å². The van der Waals surface area contributed by atoms with E-state index < -0.39 is 0 Å². The van der Waals surface area contributed by atoms with Crippen LogP contribution in [-0.2, 0) is 11.4 Å². The first kappa shape index (κ1) is 13.5. The summed E-state index contributed by atoms with van der Waals surface area (Å²) in [6.45, 7) is 1.22. The number of benzene rings is 2. The Morgan fingerprint density at radius 1 is 1.00 bits per heavy atom. The van der Waals surface area contributed by atoms with Crippen molar-refractivity contribution >= 4 is 5.91 Å². The van der Waals surface area contributed by atoms with Crippen molar-refractivity contribution in [1.29, 1.82) is 0 Å². The molecule has 1 aliphatic heterocycles. The molecule has 108 valence electrons. The summed E-state index contributed by atoms with van der Waals surface area (Å²) in [4.78, 5) is 11.4. The quantitative estimate of drug-likeness (QED) is 0.917. The first-order valence-corrected chi connectivity index (χ1v) is 7.02. The Morgan fingerprint density at radius 3 is 2.38 bits per heavy atom. The van der Waals surface area contributed by atoms with Gasteiger partial charge in [0.1, 0.15) is 18.1 Å². The van der Waals surface area contributed by atoms with E-state index in [0.717, 1.165) is 11.3 Å². The Hall–Kier alpha value is -2.49. The van der Waals surface area contributed by atoms with E-state index in [0.29, 0.717) is 25.3 Å². The van der Waals surface area contributed by atoms with Crippen molar-refractivity contribution in [3.63, 3.8) is 0 Å². The highest BCUT2D eigenvalue weighted by atomic mass is 16.5. The molecule has 0 radical (unpaired) electrons. The summed E-state index contributed by atoms with van der Waals surface area (Å²) < 4.78 is 11.3. The standard InChI is InChI=1S/C17H17NO3/c19-17-16(10-11-18-17)21-15-8-6-14(7-9-15)20-12-13-4-2-1-3-5-13/h1-9,16H,10-12H2,(H,18,19). The van der Waals surface area contributed by atoms with Crippen LogP contribution in [0.2, 0.25) is 0 Å². The highest BCUT2D eigenvalue weighted by Gasteiger charge is 2.25. The number of carbonyl (C=O) groups is 1. The molecule has 2 aromatic rings. The van der Waals surface area contributed by atoms with Gasteiger partial charge in [-0.05, 0) is 29.8 Å². The van der Waals surface area contributed by atoms with Gasteiger partial charge < -0.3 is 14.8 Å². The minimum absolute atomic E-state index is 0.0422. The zero-order valence-electron chi connectivity index (χ0n) is 11.6. The maximum Gasteiger partial charge on any atom is 0.261 e. The molecule has 1 atom stereocenters. The lowest BCUT2D eigenvalue weighted by Crippen LogP contribution is -2.27. The molecule has 3 rings (SSSR count). The first-order valence-electron chi connectivity index (χ1n) is 7.02. The normalized spacial score (nSPS) is 17.3. The molecule has 1 amide bonds. The summed E-state index contributed by atoms with van der Waals surface area (Å²) in [5.74, 6) is 1.42. The van der Waals surface area contributed by atoms with Crippen molar-refractivity contribution in [1.82, 2.24) is 5.32 Å². The highest BCUT2D eigenvalue weighted by Crippen LogP contribution is 2.21. The molecule has 0 aliphatic carbocycles. The lowest BCUT2D eigenvalue weighted by atomic mass is 10.2. The van der Waals surface area contributed by atoms with Crippen LogP contribution in [0.1, 0.15) is 12.0 Å². The lowest BCUT2D eigenvalue weighted by molar-refractivity contribution is -0.124. The van der Waals surface area contributed by atoms with Crippen LogP contribution in [0.25, 0.3) is 0 Å². The second-order valence-electron chi connectivity index (χ2n) is 4.93. The number of hydrogen-bond acceptors (Lipinski definition) is 3. The number of nitrogens with one attached hydrogen (secondary N) is 1. The lowest BCUT2D eigenvalue weighted by Gasteiger charge is -2.12. The molecular weight excluding hydrogens is 266 g/mol. The molecule has 1 heterocycles. The van der Waals surface area contributed by atoms with E-state index in [1.807, 2.05) is 54.6 Å². The van der Waals surface area contributed by atoms with Gasteiger partial charge in [-0.1, -0.05) is 30.3 Å². The number of hydrogen-bond donors (Lipinski definition) is 1. The van der Waals surface area contributed by atoms with Gasteiger partial charge in [0, 0.05) is 13.0 Å². The van der Waals surface area contributed by atoms with Gasteiger partial charge >= 0.3 is 0 Å². The highest BCUT2D eigenvalue weighted by molar-refractivity contribution is 5.83. The number of ether oxygens (including phenoxy) is 2. The van der Waals surface area contributed by atoms with Crippen LogP contribution < -0.4 is 14.8 Å². The van der Waals surface area contributed by atoms with Gasteiger partial charge in [0.25, 0.3) is 5.91 Å². The second-order valence-corrected chi connectivity index (χ2v) is 4.93. The predicted octanol–water partition coefficient (Wildman–Crippen LogP) is 2.53. The van der Waals surface area contributed by atoms with Crippen molar-refractivity contribution in [2.24, 2.45) is 0 Å². The topological polar surface area (TPSA) is 47.6 Å². The Bertz CT molecular complexity index is 595. The van der Waals surface area contributed by atoms with Crippen molar-refractivity contribution < 1.29 is 14.3 Å². The Labute approximate surface area is 123 Å². The molecule has 1 N–H and O–H groups in total. The summed E-state index contributed by atoms with van der Waals surface area (Å²) >= 11 is 0. The predicted molar refractivity (Wildman–Crippen MR) is 79.3 cm³/mol. The van der Waals surface area contributed by atoms with E-state index in [9.17, 15) is 4.79 Å². The van der Waals surface area contributed by atoms with Crippen molar-refractivity contribution in [2.75, 3.05) is 6.54 Å². The molecule has 4 nitrogen and oxygen atoms in total. The van der Waals surface area contributed by atoms with Crippen molar-refractivity contribution in [2.45, 2.75) is 19.1 Å². The van der Waals surface area contributed by atoms with Crippen LogP contribution in [0.3, 0.4) is 0 Å². The Balaban J connectivity index is 1.55. The molecule has 0 aromatic heterocycles. The summed E-state index contributed by atoms with van der Waals surface area (Å²) in [5, 5.41) is 2.75. The smallest absolute Gasteiger partial charge is 0.261 e. The second kappa shape index (κ2) is 6.31. The monoisotopic (exact) mass is 283 g/mol. The maximum atomic E-state index is 11.4. The van der Waals surface area contributed by atoms with E-state index in [1.165, 1.54) is 0 Å². The number of carbonyl (C=O) groups excluding carboxylic acids is 1. The molecule has 1 aliphatic rings. The molecule has 21 heavy (non-hydrogen) atoms. The molecule has 0 saturated carbocycles. The van der Waals surface area contributed by atoms with Gasteiger partial charge in [-0.3, -0.25) is 4.79 Å². The SMILES string of the molecule is O=C1NCCC1Oc1ccc(OCc2ccccc2)cc1. The van der Waals surface area contributed by atoms with Crippen LogP contribution in [-0.4, -0.2) is 18.6 Å². The van der Waals surface area contributed by atoms with Crippen molar-refractivity contribution in [3.8, 4) is 11.5 Å². The molecular formula is C17H17NO3. The van der Waals surface area contributed by atoms with Crippen LogP contribution in [0.5, 0.6) is 11.5 Å². The molecule has 2 aromatic carbocycles. The van der Waals surface area contributed by atoms with Gasteiger partial charge in [-0.25, -0.2) is 0 Å². The summed E-state index contributed by atoms with van der Waals surface area (Å²) in [6, 6.07) is 17.4. The number of rotatable bonds is 5. The molecule has 1 saturated heterocycles. The summed E-state index contributed by atoms with van der Waals surface area (Å²) in [5.41, 5.74) is 1.13. The molecule has 0 bridgehead atoms. The van der Waals surface area contributed by atoms with E-state index in [2.05, 4.69) is 5.32 Å². The molecule has 1 unspecified atom stereocenters. The Morgan fingerprint density at radius 2 is 1.71 bits per heavy atom. The fraction of sp³-hybridized carbons (Fsp3) is 0.235. The van der Waals surface area contributed by atoms with Crippen LogP contribution in [0.4, 0.5) is 0 Å². The third kappa shape index (κ3) is 3.54. The summed E-state index contributed by atoms with van der Waals surface area (Å²) in [6.07, 6.45) is 0.339. The van der Waals surface area contributed by atoms with Crippen LogP contribution >= 0.6 is 0 Å². The fourth-order valence-electron chi connectivity index (χ4n) is 2.20. The maximum absolute atomic E-state index is 11.4. The average molecular weight is 283 g/mol. The number of amides is 1. The average Bonchev–Trinajstić information content (AvgIpc) is 2.93. The third-order valence-corrected chi connectivity index (χ3v) is 3.35. The third-order valence-electron chi connectivity index (χ3n) is 3.35. The largest absolute Gasteiger partial charge is 0.489 e. The minimum atomic E-state index is -0.374. The zero-order chi connectivity index (χ0) is 14.5.